The smallest absolute Gasteiger partial charge is 0.102 e. The number of hydrogen-bond acceptors (Lipinski definition) is 4. The van der Waals surface area contributed by atoms with Gasteiger partial charge in [0.05, 0.1) is 0 Å². The van der Waals surface area contributed by atoms with E-state index in [1.807, 2.05) is 0 Å². The summed E-state index contributed by atoms with van der Waals surface area (Å²) in [5.41, 5.74) is 3.95. The lowest BCUT2D eigenvalue weighted by Gasteiger charge is -2.21. The third kappa shape index (κ3) is 3.96. The molecule has 0 bridgehead atoms. The van der Waals surface area contributed by atoms with Gasteiger partial charge in [0, 0.05) is 39.5 Å². The zero-order valence-corrected chi connectivity index (χ0v) is 13.7. The number of anilines is 1. The summed E-state index contributed by atoms with van der Waals surface area (Å²) in [7, 11) is 3.52. The first-order chi connectivity index (χ1) is 10.2. The van der Waals surface area contributed by atoms with Crippen molar-refractivity contribution < 1.29 is 9.47 Å². The number of hydrogen-bond donors (Lipinski definition) is 1. The lowest BCUT2D eigenvalue weighted by Crippen LogP contribution is -2.27. The van der Waals surface area contributed by atoms with Crippen molar-refractivity contribution in [3.8, 4) is 0 Å². The molecule has 2 rings (SSSR count). The largest absolute Gasteiger partial charge is 0.377 e. The second kappa shape index (κ2) is 7.78. The van der Waals surface area contributed by atoms with Gasteiger partial charge in [-0.15, -0.1) is 0 Å². The normalized spacial score (nSPS) is 22.0. The Balaban J connectivity index is 2.04. The van der Waals surface area contributed by atoms with E-state index in [0.717, 1.165) is 26.2 Å². The van der Waals surface area contributed by atoms with Gasteiger partial charge in [0.1, 0.15) is 12.2 Å². The van der Waals surface area contributed by atoms with Crippen molar-refractivity contribution in [2.75, 3.05) is 38.8 Å². The number of nitrogens with zero attached hydrogens (tertiary/aromatic N) is 1. The van der Waals surface area contributed by atoms with Crippen molar-refractivity contribution >= 4 is 5.69 Å². The van der Waals surface area contributed by atoms with Crippen molar-refractivity contribution in [1.82, 2.24) is 5.32 Å². The number of benzene rings is 1. The molecule has 0 radical (unpaired) electrons. The van der Waals surface area contributed by atoms with Crippen LogP contribution in [0.15, 0.2) is 18.2 Å². The van der Waals surface area contributed by atoms with E-state index in [9.17, 15) is 0 Å². The summed E-state index contributed by atoms with van der Waals surface area (Å²) in [5, 5.41) is 3.45. The molecule has 118 valence electrons. The molecule has 1 aromatic carbocycles. The highest BCUT2D eigenvalue weighted by Crippen LogP contribution is 2.27. The highest BCUT2D eigenvalue weighted by Gasteiger charge is 2.33. The Bertz CT molecular complexity index is 438. The van der Waals surface area contributed by atoms with Gasteiger partial charge >= 0.3 is 0 Å². The number of rotatable bonds is 7. The Morgan fingerprint density at radius 1 is 1.19 bits per heavy atom. The van der Waals surface area contributed by atoms with Gasteiger partial charge in [-0.05, 0) is 37.1 Å². The van der Waals surface area contributed by atoms with Crippen LogP contribution in [0.5, 0.6) is 0 Å². The summed E-state index contributed by atoms with van der Waals surface area (Å²) < 4.78 is 11.0. The molecular formula is C17H28N2O2. The lowest BCUT2D eigenvalue weighted by atomic mass is 10.1. The quantitative estimate of drug-likeness (QED) is 0.782. The van der Waals surface area contributed by atoms with E-state index in [1.54, 1.807) is 14.2 Å². The highest BCUT2D eigenvalue weighted by atomic mass is 16.5. The lowest BCUT2D eigenvalue weighted by molar-refractivity contribution is -0.00461. The maximum atomic E-state index is 5.52. The van der Waals surface area contributed by atoms with Crippen molar-refractivity contribution in [2.24, 2.45) is 0 Å². The second-order valence-electron chi connectivity index (χ2n) is 5.75. The van der Waals surface area contributed by atoms with E-state index in [1.165, 1.54) is 23.2 Å². The summed E-state index contributed by atoms with van der Waals surface area (Å²) in [6.45, 7) is 8.16. The average Bonchev–Trinajstić information content (AvgIpc) is 2.90. The minimum absolute atomic E-state index is 0.153. The van der Waals surface area contributed by atoms with Crippen LogP contribution in [-0.2, 0) is 16.0 Å². The predicted octanol–water partition coefficient (Wildman–Crippen LogP) is 2.34. The third-order valence-electron chi connectivity index (χ3n) is 4.18. The molecule has 1 heterocycles. The number of methoxy groups -OCH3 is 2. The molecule has 1 N–H and O–H groups in total. The van der Waals surface area contributed by atoms with Gasteiger partial charge in [-0.1, -0.05) is 19.1 Å². The van der Waals surface area contributed by atoms with Gasteiger partial charge in [0.2, 0.25) is 0 Å². The van der Waals surface area contributed by atoms with Crippen LogP contribution in [0.1, 0.15) is 24.5 Å². The van der Waals surface area contributed by atoms with E-state index < -0.39 is 0 Å². The second-order valence-corrected chi connectivity index (χ2v) is 5.75. The first kappa shape index (κ1) is 16.3. The Kier molecular flexibility index (Phi) is 6.03. The zero-order valence-electron chi connectivity index (χ0n) is 13.7. The summed E-state index contributed by atoms with van der Waals surface area (Å²) in [6, 6.07) is 6.72. The molecule has 1 aromatic rings. The van der Waals surface area contributed by atoms with Crippen LogP contribution in [0.2, 0.25) is 0 Å². The molecule has 0 spiro atoms. The highest BCUT2D eigenvalue weighted by molar-refractivity contribution is 5.55. The standard InChI is InChI=1S/C17H28N2O2/c1-5-8-18-10-14-6-7-15(13(2)9-14)19-11-16(20-3)17(12-19)21-4/h6-7,9,16-18H,5,8,10-12H2,1-4H3. The van der Waals surface area contributed by atoms with Gasteiger partial charge in [-0.3, -0.25) is 0 Å². The Hall–Kier alpha value is -1.10. The molecule has 4 nitrogen and oxygen atoms in total. The van der Waals surface area contributed by atoms with Gasteiger partial charge in [-0.2, -0.15) is 0 Å². The summed E-state index contributed by atoms with van der Waals surface area (Å²) in [4.78, 5) is 2.36. The van der Waals surface area contributed by atoms with Crippen molar-refractivity contribution in [1.29, 1.82) is 0 Å². The third-order valence-corrected chi connectivity index (χ3v) is 4.18. The molecule has 0 aromatic heterocycles. The molecule has 1 fully saturated rings. The predicted molar refractivity (Wildman–Crippen MR) is 87.0 cm³/mol. The maximum Gasteiger partial charge on any atom is 0.102 e. The van der Waals surface area contributed by atoms with E-state index in [-0.39, 0.29) is 12.2 Å². The minimum atomic E-state index is 0.153. The molecule has 0 amide bonds. The fraction of sp³-hybridized carbons (Fsp3) is 0.647. The topological polar surface area (TPSA) is 33.7 Å². The first-order valence-electron chi connectivity index (χ1n) is 7.80. The van der Waals surface area contributed by atoms with E-state index in [2.05, 4.69) is 42.3 Å². The molecule has 1 saturated heterocycles. The van der Waals surface area contributed by atoms with Crippen molar-refractivity contribution in [3.05, 3.63) is 29.3 Å². The van der Waals surface area contributed by atoms with Crippen LogP contribution in [0.25, 0.3) is 0 Å². The van der Waals surface area contributed by atoms with E-state index in [4.69, 9.17) is 9.47 Å². The Morgan fingerprint density at radius 3 is 2.38 bits per heavy atom. The molecule has 2 atom stereocenters. The molecule has 2 unspecified atom stereocenters. The van der Waals surface area contributed by atoms with Gasteiger partial charge in [-0.25, -0.2) is 0 Å². The Morgan fingerprint density at radius 2 is 1.86 bits per heavy atom. The molecule has 21 heavy (non-hydrogen) atoms. The van der Waals surface area contributed by atoms with Crippen LogP contribution in [0.4, 0.5) is 5.69 Å². The fourth-order valence-electron chi connectivity index (χ4n) is 2.99. The monoisotopic (exact) mass is 292 g/mol. The molecular weight excluding hydrogens is 264 g/mol. The first-order valence-corrected chi connectivity index (χ1v) is 7.80. The van der Waals surface area contributed by atoms with Crippen molar-refractivity contribution in [3.63, 3.8) is 0 Å². The van der Waals surface area contributed by atoms with Crippen LogP contribution in [-0.4, -0.2) is 46.1 Å². The fourth-order valence-corrected chi connectivity index (χ4v) is 2.99. The number of aryl methyl sites for hydroxylation is 1. The maximum absolute atomic E-state index is 5.52. The number of ether oxygens (including phenoxy) is 2. The van der Waals surface area contributed by atoms with Crippen LogP contribution in [0, 0.1) is 6.92 Å². The zero-order chi connectivity index (χ0) is 15.2. The van der Waals surface area contributed by atoms with Gasteiger partial charge < -0.3 is 19.7 Å². The molecule has 0 saturated carbocycles. The minimum Gasteiger partial charge on any atom is -0.377 e. The summed E-state index contributed by atoms with van der Waals surface area (Å²) in [6.07, 6.45) is 1.47. The molecule has 4 heteroatoms. The molecule has 1 aliphatic heterocycles. The van der Waals surface area contributed by atoms with Crippen LogP contribution < -0.4 is 10.2 Å². The van der Waals surface area contributed by atoms with Crippen molar-refractivity contribution in [2.45, 2.75) is 39.0 Å². The average molecular weight is 292 g/mol. The van der Waals surface area contributed by atoms with Crippen LogP contribution in [0.3, 0.4) is 0 Å². The van der Waals surface area contributed by atoms with E-state index >= 15 is 0 Å². The molecule has 1 aliphatic rings. The molecule has 0 aliphatic carbocycles. The van der Waals surface area contributed by atoms with Gasteiger partial charge in [0.25, 0.3) is 0 Å². The van der Waals surface area contributed by atoms with Gasteiger partial charge in [0.15, 0.2) is 0 Å². The summed E-state index contributed by atoms with van der Waals surface area (Å²) >= 11 is 0. The summed E-state index contributed by atoms with van der Waals surface area (Å²) in [5.74, 6) is 0. The Labute approximate surface area is 128 Å². The van der Waals surface area contributed by atoms with E-state index in [0.29, 0.717) is 0 Å². The SMILES string of the molecule is CCCNCc1ccc(N2CC(OC)C(OC)C2)c(C)c1. The van der Waals surface area contributed by atoms with Crippen LogP contribution >= 0.6 is 0 Å². The number of nitrogens with one attached hydrogen (secondary N) is 1.